The van der Waals surface area contributed by atoms with Crippen molar-refractivity contribution in [2.24, 2.45) is 0 Å². The smallest absolute Gasteiger partial charge is 0.269 e. The van der Waals surface area contributed by atoms with Gasteiger partial charge in [-0.2, -0.15) is 0 Å². The minimum Gasteiger partial charge on any atom is -0.490 e. The largest absolute Gasteiger partial charge is 0.490 e. The number of benzene rings is 3. The molecule has 0 saturated carbocycles. The van der Waals surface area contributed by atoms with Crippen molar-refractivity contribution in [2.45, 2.75) is 20.1 Å². The molecule has 0 spiro atoms. The summed E-state index contributed by atoms with van der Waals surface area (Å²) >= 11 is 13.1. The third kappa shape index (κ3) is 6.35. The first-order valence-corrected chi connectivity index (χ1v) is 11.3. The van der Waals surface area contributed by atoms with E-state index in [1.807, 2.05) is 37.3 Å². The van der Waals surface area contributed by atoms with Gasteiger partial charge in [-0.25, -0.2) is 0 Å². The van der Waals surface area contributed by atoms with Crippen LogP contribution in [0.15, 0.2) is 63.5 Å². The van der Waals surface area contributed by atoms with Crippen LogP contribution in [0.5, 0.6) is 11.5 Å². The average Bonchev–Trinajstić information content (AvgIpc) is 2.74. The van der Waals surface area contributed by atoms with Crippen LogP contribution in [-0.2, 0) is 13.2 Å². The highest BCUT2D eigenvalue weighted by Gasteiger charge is 2.13. The molecule has 0 bridgehead atoms. The summed E-state index contributed by atoms with van der Waals surface area (Å²) < 4.78 is 13.4. The Kier molecular flexibility index (Phi) is 8.17. The number of nitrogens with zero attached hydrogens (tertiary/aromatic N) is 1. The quantitative estimate of drug-likeness (QED) is 0.215. The standard InChI is InChI=1S/C22H19Br2ClN2O4/c1-2-30-21-10-15(12-26-16-5-8-18(23)20(25)11-16)9-19(24)22(21)31-13-14-3-6-17(7-4-14)27(28)29/h3-11,26H,2,12-13H2,1H3. The molecule has 0 radical (unpaired) electrons. The average molecular weight is 571 g/mol. The van der Waals surface area contributed by atoms with Gasteiger partial charge in [-0.15, -0.1) is 0 Å². The molecule has 0 fully saturated rings. The molecule has 0 atom stereocenters. The summed E-state index contributed by atoms with van der Waals surface area (Å²) in [7, 11) is 0. The summed E-state index contributed by atoms with van der Waals surface area (Å²) in [4.78, 5) is 10.4. The Bertz CT molecular complexity index is 1080. The van der Waals surface area contributed by atoms with Gasteiger partial charge in [0, 0.05) is 28.8 Å². The molecule has 1 N–H and O–H groups in total. The number of nitrogens with one attached hydrogen (secondary N) is 1. The number of ether oxygens (including phenoxy) is 2. The topological polar surface area (TPSA) is 73.6 Å². The lowest BCUT2D eigenvalue weighted by Crippen LogP contribution is -2.04. The Morgan fingerprint density at radius 3 is 2.39 bits per heavy atom. The second-order valence-electron chi connectivity index (χ2n) is 6.53. The number of halogens is 3. The van der Waals surface area contributed by atoms with Gasteiger partial charge in [0.15, 0.2) is 11.5 Å². The molecule has 3 aromatic carbocycles. The molecule has 162 valence electrons. The molecule has 0 aliphatic rings. The minimum atomic E-state index is -0.427. The van der Waals surface area contributed by atoms with E-state index in [1.54, 1.807) is 12.1 Å². The Labute approximate surface area is 201 Å². The van der Waals surface area contributed by atoms with E-state index in [2.05, 4.69) is 37.2 Å². The van der Waals surface area contributed by atoms with E-state index in [0.29, 0.717) is 29.7 Å². The van der Waals surface area contributed by atoms with Crippen LogP contribution in [0.1, 0.15) is 18.1 Å². The number of nitro groups is 1. The molecule has 6 nitrogen and oxygen atoms in total. The molecule has 31 heavy (non-hydrogen) atoms. The number of non-ortho nitro benzene ring substituents is 1. The molecule has 0 unspecified atom stereocenters. The Balaban J connectivity index is 1.73. The van der Waals surface area contributed by atoms with Crippen LogP contribution in [0.4, 0.5) is 11.4 Å². The van der Waals surface area contributed by atoms with Crippen molar-refractivity contribution < 1.29 is 14.4 Å². The molecule has 0 heterocycles. The van der Waals surface area contributed by atoms with Crippen molar-refractivity contribution in [3.05, 3.63) is 89.8 Å². The molecule has 3 aromatic rings. The number of hydrogen-bond acceptors (Lipinski definition) is 5. The highest BCUT2D eigenvalue weighted by atomic mass is 79.9. The third-order valence-electron chi connectivity index (χ3n) is 4.32. The number of hydrogen-bond donors (Lipinski definition) is 1. The van der Waals surface area contributed by atoms with E-state index in [-0.39, 0.29) is 12.3 Å². The van der Waals surface area contributed by atoms with E-state index in [1.165, 1.54) is 12.1 Å². The fraction of sp³-hybridized carbons (Fsp3) is 0.182. The molecule has 0 amide bonds. The van der Waals surface area contributed by atoms with Crippen LogP contribution in [0.25, 0.3) is 0 Å². The minimum absolute atomic E-state index is 0.0452. The molecule has 0 aliphatic carbocycles. The van der Waals surface area contributed by atoms with Gasteiger partial charge in [-0.05, 0) is 92.4 Å². The maximum Gasteiger partial charge on any atom is 0.269 e. The zero-order valence-electron chi connectivity index (χ0n) is 16.5. The first-order chi connectivity index (χ1) is 14.9. The van der Waals surface area contributed by atoms with E-state index < -0.39 is 4.92 Å². The Morgan fingerprint density at radius 2 is 1.74 bits per heavy atom. The van der Waals surface area contributed by atoms with Gasteiger partial charge in [-0.1, -0.05) is 11.6 Å². The summed E-state index contributed by atoms with van der Waals surface area (Å²) in [6, 6.07) is 15.8. The highest BCUT2D eigenvalue weighted by Crippen LogP contribution is 2.38. The normalized spacial score (nSPS) is 10.6. The molecule has 9 heteroatoms. The molecular weight excluding hydrogens is 552 g/mol. The second kappa shape index (κ2) is 10.8. The second-order valence-corrected chi connectivity index (χ2v) is 8.65. The van der Waals surface area contributed by atoms with Crippen molar-refractivity contribution >= 4 is 54.8 Å². The first kappa shape index (κ1) is 23.4. The van der Waals surface area contributed by atoms with Crippen LogP contribution in [-0.4, -0.2) is 11.5 Å². The Hall–Kier alpha value is -2.29. The lowest BCUT2D eigenvalue weighted by Gasteiger charge is -2.16. The maximum absolute atomic E-state index is 10.8. The van der Waals surface area contributed by atoms with Gasteiger partial charge in [0.2, 0.25) is 0 Å². The summed E-state index contributed by atoms with van der Waals surface area (Å²) in [5.41, 5.74) is 2.76. The first-order valence-electron chi connectivity index (χ1n) is 9.37. The van der Waals surface area contributed by atoms with E-state index in [0.717, 1.165) is 25.8 Å². The lowest BCUT2D eigenvalue weighted by molar-refractivity contribution is -0.384. The summed E-state index contributed by atoms with van der Waals surface area (Å²) in [5.74, 6) is 1.19. The number of anilines is 1. The van der Waals surface area contributed by atoms with Crippen LogP contribution in [0.2, 0.25) is 5.02 Å². The summed E-state index contributed by atoms with van der Waals surface area (Å²) in [6.07, 6.45) is 0. The van der Waals surface area contributed by atoms with Gasteiger partial charge in [0.1, 0.15) is 6.61 Å². The predicted molar refractivity (Wildman–Crippen MR) is 129 cm³/mol. The van der Waals surface area contributed by atoms with Crippen LogP contribution in [0.3, 0.4) is 0 Å². The van der Waals surface area contributed by atoms with Gasteiger partial charge in [0.05, 0.1) is 21.0 Å². The summed E-state index contributed by atoms with van der Waals surface area (Å²) in [5, 5.41) is 14.8. The molecule has 0 aromatic heterocycles. The zero-order valence-corrected chi connectivity index (χ0v) is 20.5. The van der Waals surface area contributed by atoms with Crippen molar-refractivity contribution in [3.63, 3.8) is 0 Å². The third-order valence-corrected chi connectivity index (χ3v) is 6.14. The predicted octanol–water partition coefficient (Wildman–Crippen LogP) is 7.36. The van der Waals surface area contributed by atoms with Crippen molar-refractivity contribution in [3.8, 4) is 11.5 Å². The zero-order chi connectivity index (χ0) is 22.4. The van der Waals surface area contributed by atoms with Crippen LogP contribution in [0, 0.1) is 10.1 Å². The van der Waals surface area contributed by atoms with Crippen LogP contribution < -0.4 is 14.8 Å². The van der Waals surface area contributed by atoms with Gasteiger partial charge < -0.3 is 14.8 Å². The van der Waals surface area contributed by atoms with Gasteiger partial charge >= 0.3 is 0 Å². The molecule has 3 rings (SSSR count). The molecular formula is C22H19Br2ClN2O4. The van der Waals surface area contributed by atoms with Crippen molar-refractivity contribution in [1.29, 1.82) is 0 Å². The van der Waals surface area contributed by atoms with Crippen molar-refractivity contribution in [1.82, 2.24) is 0 Å². The van der Waals surface area contributed by atoms with Crippen LogP contribution >= 0.6 is 43.5 Å². The van der Waals surface area contributed by atoms with E-state index in [4.69, 9.17) is 21.1 Å². The fourth-order valence-corrected chi connectivity index (χ4v) is 3.84. The monoisotopic (exact) mass is 568 g/mol. The number of rotatable bonds is 9. The number of nitro benzene ring substituents is 1. The van der Waals surface area contributed by atoms with E-state index >= 15 is 0 Å². The SMILES string of the molecule is CCOc1cc(CNc2ccc(Br)c(Cl)c2)cc(Br)c1OCc1ccc([N+](=O)[O-])cc1. The van der Waals surface area contributed by atoms with Gasteiger partial charge in [0.25, 0.3) is 5.69 Å². The Morgan fingerprint density at radius 1 is 1.00 bits per heavy atom. The van der Waals surface area contributed by atoms with Gasteiger partial charge in [-0.3, -0.25) is 10.1 Å². The lowest BCUT2D eigenvalue weighted by atomic mass is 10.2. The van der Waals surface area contributed by atoms with Crippen molar-refractivity contribution in [2.75, 3.05) is 11.9 Å². The fourth-order valence-electron chi connectivity index (χ4n) is 2.81. The molecule has 0 aliphatic heterocycles. The molecule has 0 saturated heterocycles. The highest BCUT2D eigenvalue weighted by molar-refractivity contribution is 9.10. The summed E-state index contributed by atoms with van der Waals surface area (Å²) in [6.45, 7) is 3.22. The maximum atomic E-state index is 10.8. The van der Waals surface area contributed by atoms with E-state index in [9.17, 15) is 10.1 Å².